The van der Waals surface area contributed by atoms with Gasteiger partial charge in [0.15, 0.2) is 11.5 Å². The van der Waals surface area contributed by atoms with E-state index in [0.29, 0.717) is 22.8 Å². The first kappa shape index (κ1) is 22.5. The highest BCUT2D eigenvalue weighted by Gasteiger charge is 2.29. The Balaban J connectivity index is 1.86. The Morgan fingerprint density at radius 3 is 2.14 bits per heavy atom. The molecular weight excluding hydrogens is 480 g/mol. The number of aromatic nitrogens is 6. The first-order chi connectivity index (χ1) is 17.7. The maximum atomic E-state index is 13.8. The number of aromatic amines is 1. The van der Waals surface area contributed by atoms with Crippen LogP contribution >= 0.6 is 0 Å². The largest absolute Gasteiger partial charge is 0.454 e. The first-order valence-electron chi connectivity index (χ1n) is 11.4. The highest BCUT2D eigenvalue weighted by molar-refractivity contribution is 6.03. The van der Waals surface area contributed by atoms with Crippen molar-refractivity contribution in [2.24, 2.45) is 28.2 Å². The predicted molar refractivity (Wildman–Crippen MR) is 136 cm³/mol. The molecule has 4 aromatic heterocycles. The summed E-state index contributed by atoms with van der Waals surface area (Å²) >= 11 is 0. The lowest BCUT2D eigenvalue weighted by molar-refractivity contribution is 0.174. The van der Waals surface area contributed by atoms with Crippen molar-refractivity contribution in [3.63, 3.8) is 0 Å². The number of rotatable bonds is 3. The number of benzene rings is 1. The minimum atomic E-state index is -0.592. The molecule has 12 heteroatoms. The number of ether oxygens (including phenoxy) is 2. The van der Waals surface area contributed by atoms with Crippen molar-refractivity contribution in [1.29, 1.82) is 0 Å². The second-order valence-electron chi connectivity index (χ2n) is 8.87. The van der Waals surface area contributed by atoms with Crippen LogP contribution in [0.2, 0.25) is 0 Å². The van der Waals surface area contributed by atoms with E-state index >= 15 is 0 Å². The Bertz CT molecular complexity index is 1980. The minimum Gasteiger partial charge on any atom is -0.454 e. The molecule has 0 fully saturated rings. The number of nitrogens with one attached hydrogen (secondary N) is 1. The molecule has 0 radical (unpaired) electrons. The monoisotopic (exact) mass is 502 g/mol. The SMILES string of the molecule is Cn1c(-n2cccc2)c(-c2c(-c3ccc4c(c3)OCO4)[nH]c3c2c(=O)n(C)c(=O)n3C)c(=O)n(C)c1=O. The third-order valence-electron chi connectivity index (χ3n) is 6.80. The number of nitrogens with zero attached hydrogens (tertiary/aromatic N) is 5. The van der Waals surface area contributed by atoms with Gasteiger partial charge in [0.25, 0.3) is 11.1 Å². The minimum absolute atomic E-state index is 0.0759. The Morgan fingerprint density at radius 2 is 1.41 bits per heavy atom. The molecule has 0 amide bonds. The lowest BCUT2D eigenvalue weighted by atomic mass is 9.99. The van der Waals surface area contributed by atoms with Gasteiger partial charge in [-0.25, -0.2) is 9.59 Å². The van der Waals surface area contributed by atoms with Crippen molar-refractivity contribution in [3.8, 4) is 39.7 Å². The second-order valence-corrected chi connectivity index (χ2v) is 8.87. The van der Waals surface area contributed by atoms with Crippen LogP contribution < -0.4 is 32.0 Å². The zero-order chi connectivity index (χ0) is 26.2. The average Bonchev–Trinajstić information content (AvgIpc) is 3.66. The summed E-state index contributed by atoms with van der Waals surface area (Å²) in [5.74, 6) is 1.34. The van der Waals surface area contributed by atoms with Crippen LogP contribution in [0.5, 0.6) is 11.5 Å². The number of hydrogen-bond donors (Lipinski definition) is 1. The zero-order valence-corrected chi connectivity index (χ0v) is 20.4. The van der Waals surface area contributed by atoms with Crippen LogP contribution in [0.4, 0.5) is 0 Å². The van der Waals surface area contributed by atoms with Crippen LogP contribution in [-0.4, -0.2) is 34.6 Å². The van der Waals surface area contributed by atoms with Crippen molar-refractivity contribution in [3.05, 3.63) is 84.4 Å². The Morgan fingerprint density at radius 1 is 0.757 bits per heavy atom. The molecule has 0 aliphatic carbocycles. The van der Waals surface area contributed by atoms with Gasteiger partial charge in [-0.15, -0.1) is 0 Å². The zero-order valence-electron chi connectivity index (χ0n) is 20.4. The molecular formula is C25H22N6O6. The molecule has 0 unspecified atom stereocenters. The molecule has 12 nitrogen and oxygen atoms in total. The van der Waals surface area contributed by atoms with Crippen molar-refractivity contribution in [2.45, 2.75) is 0 Å². The summed E-state index contributed by atoms with van der Waals surface area (Å²) in [5, 5.41) is 0.140. The lowest BCUT2D eigenvalue weighted by Crippen LogP contribution is -2.40. The molecule has 0 bridgehead atoms. The van der Waals surface area contributed by atoms with Crippen molar-refractivity contribution in [1.82, 2.24) is 27.8 Å². The fourth-order valence-electron chi connectivity index (χ4n) is 4.87. The summed E-state index contributed by atoms with van der Waals surface area (Å²) in [6, 6.07) is 8.77. The molecule has 5 heterocycles. The average molecular weight is 502 g/mol. The third kappa shape index (κ3) is 3.01. The topological polar surface area (TPSA) is 127 Å². The standard InChI is InChI=1S/C25H22N6O6/c1-27-20-17(22(32)29(3)24(27)34)16(19(26-20)13-7-8-14-15(11-13)37-12-36-14)18-21(31-9-5-6-10-31)28(2)25(35)30(4)23(18)33/h5-11,26H,12H2,1-4H3. The molecule has 0 atom stereocenters. The Hall–Kier alpha value is -5.00. The fraction of sp³-hybridized carbons (Fsp3) is 0.200. The van der Waals surface area contributed by atoms with Gasteiger partial charge >= 0.3 is 11.4 Å². The molecule has 6 rings (SSSR count). The predicted octanol–water partition coefficient (Wildman–Crippen LogP) is 0.816. The number of aryl methyl sites for hydroxylation is 1. The van der Waals surface area contributed by atoms with Crippen LogP contribution in [0.3, 0.4) is 0 Å². The van der Waals surface area contributed by atoms with Gasteiger partial charge in [-0.1, -0.05) is 0 Å². The van der Waals surface area contributed by atoms with Gasteiger partial charge in [-0.2, -0.15) is 0 Å². The van der Waals surface area contributed by atoms with Gasteiger partial charge < -0.3 is 19.0 Å². The normalized spacial score (nSPS) is 12.5. The van der Waals surface area contributed by atoms with E-state index in [1.807, 2.05) is 0 Å². The number of H-pyrrole nitrogens is 1. The molecule has 1 aromatic carbocycles. The Labute approximate surface area is 207 Å². The molecule has 0 saturated heterocycles. The van der Waals surface area contributed by atoms with Gasteiger partial charge in [0.1, 0.15) is 11.5 Å². The summed E-state index contributed by atoms with van der Waals surface area (Å²) in [5.41, 5.74) is -0.583. The van der Waals surface area contributed by atoms with Crippen LogP contribution in [0.25, 0.3) is 39.2 Å². The summed E-state index contributed by atoms with van der Waals surface area (Å²) in [6.07, 6.45) is 3.42. The van der Waals surface area contributed by atoms with Crippen LogP contribution in [0.1, 0.15) is 0 Å². The molecule has 188 valence electrons. The summed E-state index contributed by atoms with van der Waals surface area (Å²) in [6.45, 7) is 0.0759. The highest BCUT2D eigenvalue weighted by atomic mass is 16.7. The van der Waals surface area contributed by atoms with Crippen LogP contribution in [0.15, 0.2) is 61.9 Å². The molecule has 0 saturated carbocycles. The van der Waals surface area contributed by atoms with E-state index in [2.05, 4.69) is 4.98 Å². The third-order valence-corrected chi connectivity index (χ3v) is 6.80. The summed E-state index contributed by atoms with van der Waals surface area (Å²) < 4.78 is 17.3. The van der Waals surface area contributed by atoms with Gasteiger partial charge in [0, 0.05) is 51.7 Å². The van der Waals surface area contributed by atoms with Gasteiger partial charge in [-0.3, -0.25) is 27.9 Å². The molecule has 0 spiro atoms. The summed E-state index contributed by atoms with van der Waals surface area (Å²) in [7, 11) is 5.87. The van der Waals surface area contributed by atoms with Crippen molar-refractivity contribution >= 4 is 11.0 Å². The van der Waals surface area contributed by atoms with Gasteiger partial charge in [0.2, 0.25) is 6.79 Å². The van der Waals surface area contributed by atoms with Crippen molar-refractivity contribution < 1.29 is 9.47 Å². The number of fused-ring (bicyclic) bond motifs is 2. The quantitative estimate of drug-likeness (QED) is 0.389. The van der Waals surface area contributed by atoms with E-state index in [9.17, 15) is 19.2 Å². The van der Waals surface area contributed by atoms with E-state index in [4.69, 9.17) is 9.47 Å². The van der Waals surface area contributed by atoms with E-state index in [-0.39, 0.29) is 34.8 Å². The highest BCUT2D eigenvalue weighted by Crippen LogP contribution is 2.41. The molecule has 1 aliphatic rings. The molecule has 1 N–H and O–H groups in total. The van der Waals surface area contributed by atoms with Crippen LogP contribution in [0, 0.1) is 0 Å². The lowest BCUT2D eigenvalue weighted by Gasteiger charge is -2.17. The van der Waals surface area contributed by atoms with E-state index in [0.717, 1.165) is 9.13 Å². The maximum Gasteiger partial charge on any atom is 0.332 e. The molecule has 37 heavy (non-hydrogen) atoms. The van der Waals surface area contributed by atoms with Gasteiger partial charge in [0.05, 0.1) is 16.6 Å². The number of hydrogen-bond acceptors (Lipinski definition) is 6. The fourth-order valence-corrected chi connectivity index (χ4v) is 4.87. The van der Waals surface area contributed by atoms with E-state index < -0.39 is 22.5 Å². The van der Waals surface area contributed by atoms with Crippen molar-refractivity contribution in [2.75, 3.05) is 6.79 Å². The first-order valence-corrected chi connectivity index (χ1v) is 11.4. The summed E-state index contributed by atoms with van der Waals surface area (Å²) in [4.78, 5) is 56.3. The molecule has 5 aromatic rings. The van der Waals surface area contributed by atoms with E-state index in [1.54, 1.807) is 61.4 Å². The van der Waals surface area contributed by atoms with Crippen LogP contribution in [-0.2, 0) is 28.2 Å². The Kier molecular flexibility index (Phi) is 4.71. The van der Waals surface area contributed by atoms with E-state index in [1.165, 1.54) is 23.2 Å². The second kappa shape index (κ2) is 7.75. The smallest absolute Gasteiger partial charge is 0.332 e. The maximum absolute atomic E-state index is 13.8. The molecule has 1 aliphatic heterocycles. The van der Waals surface area contributed by atoms with Gasteiger partial charge in [-0.05, 0) is 30.3 Å².